The standard InChI is InChI=1S/C23H27N5O3/c1-4-27-14-24-25-18(27)12-26(3)21(29)19-17-8-9-23(31-17)13-28(22(30)20(19)23)11-16-7-5-6-15(2)10-16/h5-10,14,17,19-20H,4,11-13H2,1-3H3/t17-,19-,20+,23-/m0/s1. The summed E-state index contributed by atoms with van der Waals surface area (Å²) < 4.78 is 8.17. The van der Waals surface area contributed by atoms with Crippen molar-refractivity contribution in [1.29, 1.82) is 0 Å². The lowest BCUT2D eigenvalue weighted by Gasteiger charge is -2.27. The summed E-state index contributed by atoms with van der Waals surface area (Å²) in [5.41, 5.74) is 1.55. The number of rotatable bonds is 6. The van der Waals surface area contributed by atoms with Crippen LogP contribution in [0, 0.1) is 18.8 Å². The van der Waals surface area contributed by atoms with E-state index < -0.39 is 17.4 Å². The minimum atomic E-state index is -0.698. The molecule has 4 atom stereocenters. The van der Waals surface area contributed by atoms with Crippen molar-refractivity contribution in [1.82, 2.24) is 24.6 Å². The number of likely N-dealkylation sites (tertiary alicyclic amines) is 1. The van der Waals surface area contributed by atoms with Crippen LogP contribution in [-0.4, -0.2) is 61.7 Å². The molecular weight excluding hydrogens is 394 g/mol. The summed E-state index contributed by atoms with van der Waals surface area (Å²) >= 11 is 0. The summed E-state index contributed by atoms with van der Waals surface area (Å²) in [6.45, 7) is 6.14. The first-order valence-electron chi connectivity index (χ1n) is 10.7. The molecule has 3 aliphatic heterocycles. The topological polar surface area (TPSA) is 80.6 Å². The summed E-state index contributed by atoms with van der Waals surface area (Å²) in [6, 6.07) is 8.16. The summed E-state index contributed by atoms with van der Waals surface area (Å²) in [6.07, 6.45) is 5.25. The van der Waals surface area contributed by atoms with Crippen LogP contribution in [0.2, 0.25) is 0 Å². The van der Waals surface area contributed by atoms with Crippen LogP contribution in [0.5, 0.6) is 0 Å². The summed E-state index contributed by atoms with van der Waals surface area (Å²) in [7, 11) is 1.75. The Morgan fingerprint density at radius 3 is 3.00 bits per heavy atom. The predicted octanol–water partition coefficient (Wildman–Crippen LogP) is 1.55. The van der Waals surface area contributed by atoms with Gasteiger partial charge in [0.2, 0.25) is 11.8 Å². The number of fused-ring (bicyclic) bond motifs is 1. The van der Waals surface area contributed by atoms with Gasteiger partial charge >= 0.3 is 0 Å². The van der Waals surface area contributed by atoms with Gasteiger partial charge in [0.05, 0.1) is 31.0 Å². The lowest BCUT2D eigenvalue weighted by atomic mass is 9.76. The Morgan fingerprint density at radius 2 is 2.23 bits per heavy atom. The molecule has 8 heteroatoms. The second kappa shape index (κ2) is 7.30. The fourth-order valence-corrected chi connectivity index (χ4v) is 5.23. The minimum Gasteiger partial charge on any atom is -0.360 e. The number of hydrogen-bond donors (Lipinski definition) is 0. The van der Waals surface area contributed by atoms with Crippen LogP contribution < -0.4 is 0 Å². The predicted molar refractivity (Wildman–Crippen MR) is 112 cm³/mol. The van der Waals surface area contributed by atoms with Gasteiger partial charge in [0.25, 0.3) is 0 Å². The number of hydrogen-bond acceptors (Lipinski definition) is 5. The van der Waals surface area contributed by atoms with Crippen molar-refractivity contribution in [2.24, 2.45) is 11.8 Å². The van der Waals surface area contributed by atoms with Gasteiger partial charge in [-0.15, -0.1) is 10.2 Å². The highest BCUT2D eigenvalue weighted by atomic mass is 16.5. The summed E-state index contributed by atoms with van der Waals surface area (Å²) in [4.78, 5) is 30.3. The minimum absolute atomic E-state index is 0.00293. The SMILES string of the molecule is CCn1cnnc1CN(C)C(=O)[C@H]1[C@@H]2C=C[C@@]3(CN(Cc4cccc(C)c4)C(=O)[C@@H]13)O2. The average molecular weight is 422 g/mol. The van der Waals surface area contributed by atoms with Crippen molar-refractivity contribution < 1.29 is 14.3 Å². The van der Waals surface area contributed by atoms with E-state index in [4.69, 9.17) is 4.74 Å². The van der Waals surface area contributed by atoms with E-state index in [0.717, 1.165) is 23.5 Å². The molecule has 0 N–H and O–H groups in total. The Balaban J connectivity index is 1.36. The maximum Gasteiger partial charge on any atom is 0.230 e. The molecule has 0 aliphatic carbocycles. The van der Waals surface area contributed by atoms with E-state index in [0.29, 0.717) is 19.6 Å². The van der Waals surface area contributed by atoms with Crippen molar-refractivity contribution in [3.8, 4) is 0 Å². The zero-order chi connectivity index (χ0) is 21.8. The smallest absolute Gasteiger partial charge is 0.230 e. The van der Waals surface area contributed by atoms with E-state index in [-0.39, 0.29) is 17.9 Å². The first-order valence-corrected chi connectivity index (χ1v) is 10.7. The van der Waals surface area contributed by atoms with Crippen LogP contribution in [-0.2, 0) is 34.0 Å². The van der Waals surface area contributed by atoms with Gasteiger partial charge < -0.3 is 19.1 Å². The van der Waals surface area contributed by atoms with Crippen molar-refractivity contribution in [3.63, 3.8) is 0 Å². The Morgan fingerprint density at radius 1 is 1.39 bits per heavy atom. The number of amides is 2. The Bertz CT molecular complexity index is 1060. The Labute approximate surface area is 181 Å². The number of carbonyl (C=O) groups is 2. The van der Waals surface area contributed by atoms with Gasteiger partial charge in [0, 0.05) is 20.1 Å². The van der Waals surface area contributed by atoms with E-state index in [9.17, 15) is 9.59 Å². The van der Waals surface area contributed by atoms with Crippen molar-refractivity contribution >= 4 is 11.8 Å². The number of aryl methyl sites for hydroxylation is 2. The number of nitrogens with zero attached hydrogens (tertiary/aromatic N) is 5. The molecular formula is C23H27N5O3. The first-order chi connectivity index (χ1) is 14.9. The van der Waals surface area contributed by atoms with Gasteiger partial charge in [-0.2, -0.15) is 0 Å². The van der Waals surface area contributed by atoms with Gasteiger partial charge in [-0.3, -0.25) is 9.59 Å². The zero-order valence-corrected chi connectivity index (χ0v) is 18.1. The Kier molecular flexibility index (Phi) is 4.69. The largest absolute Gasteiger partial charge is 0.360 e. The molecule has 8 nitrogen and oxygen atoms in total. The fourth-order valence-electron chi connectivity index (χ4n) is 5.23. The van der Waals surface area contributed by atoms with E-state index in [2.05, 4.69) is 16.3 Å². The van der Waals surface area contributed by atoms with Crippen LogP contribution in [0.3, 0.4) is 0 Å². The van der Waals surface area contributed by atoms with Gasteiger partial charge in [0.15, 0.2) is 5.82 Å². The molecule has 2 fully saturated rings. The monoisotopic (exact) mass is 421 g/mol. The van der Waals surface area contributed by atoms with E-state index in [1.807, 2.05) is 53.7 Å². The molecule has 1 spiro atoms. The maximum absolute atomic E-state index is 13.4. The van der Waals surface area contributed by atoms with Crippen molar-refractivity contribution in [2.75, 3.05) is 13.6 Å². The highest BCUT2D eigenvalue weighted by Crippen LogP contribution is 2.52. The first kappa shape index (κ1) is 19.9. The molecule has 3 aliphatic rings. The molecule has 1 aromatic heterocycles. The summed E-state index contributed by atoms with van der Waals surface area (Å²) in [5.74, 6) is -0.352. The molecule has 2 aromatic rings. The highest BCUT2D eigenvalue weighted by Gasteiger charge is 2.67. The molecule has 2 amide bonds. The molecule has 0 saturated carbocycles. The average Bonchev–Trinajstić information content (AvgIpc) is 3.49. The number of aromatic nitrogens is 3. The van der Waals surface area contributed by atoms with E-state index >= 15 is 0 Å². The molecule has 5 rings (SSSR count). The van der Waals surface area contributed by atoms with Gasteiger partial charge in [0.1, 0.15) is 11.9 Å². The normalized spacial score (nSPS) is 28.4. The van der Waals surface area contributed by atoms with E-state index in [1.165, 1.54) is 0 Å². The van der Waals surface area contributed by atoms with Gasteiger partial charge in [-0.05, 0) is 19.4 Å². The van der Waals surface area contributed by atoms with Crippen LogP contribution >= 0.6 is 0 Å². The fraction of sp³-hybridized carbons (Fsp3) is 0.478. The summed E-state index contributed by atoms with van der Waals surface area (Å²) in [5, 5.41) is 8.07. The molecule has 2 bridgehead atoms. The number of benzene rings is 1. The quantitative estimate of drug-likeness (QED) is 0.661. The van der Waals surface area contributed by atoms with Gasteiger partial charge in [-0.1, -0.05) is 42.0 Å². The van der Waals surface area contributed by atoms with Crippen LogP contribution in [0.25, 0.3) is 0 Å². The second-order valence-electron chi connectivity index (χ2n) is 8.81. The molecule has 162 valence electrons. The van der Waals surface area contributed by atoms with Gasteiger partial charge in [-0.25, -0.2) is 0 Å². The third-order valence-corrected chi connectivity index (χ3v) is 6.71. The third kappa shape index (κ3) is 3.17. The highest BCUT2D eigenvalue weighted by molar-refractivity contribution is 5.93. The molecule has 1 aromatic carbocycles. The van der Waals surface area contributed by atoms with Crippen LogP contribution in [0.1, 0.15) is 23.9 Å². The maximum atomic E-state index is 13.4. The third-order valence-electron chi connectivity index (χ3n) is 6.71. The second-order valence-corrected chi connectivity index (χ2v) is 8.81. The zero-order valence-electron chi connectivity index (χ0n) is 18.1. The number of carbonyl (C=O) groups excluding carboxylic acids is 2. The molecule has 0 radical (unpaired) electrons. The van der Waals surface area contributed by atoms with E-state index in [1.54, 1.807) is 18.3 Å². The lowest BCUT2D eigenvalue weighted by Crippen LogP contribution is -2.44. The molecule has 2 saturated heterocycles. The molecule has 4 heterocycles. The Hall–Kier alpha value is -3.00. The van der Waals surface area contributed by atoms with Crippen molar-refractivity contribution in [3.05, 3.63) is 59.7 Å². The van der Waals surface area contributed by atoms with Crippen LogP contribution in [0.4, 0.5) is 0 Å². The van der Waals surface area contributed by atoms with Crippen molar-refractivity contribution in [2.45, 2.75) is 45.2 Å². The van der Waals surface area contributed by atoms with Crippen LogP contribution in [0.15, 0.2) is 42.7 Å². The molecule has 31 heavy (non-hydrogen) atoms. The molecule has 0 unspecified atom stereocenters. The lowest BCUT2D eigenvalue weighted by molar-refractivity contribution is -0.143. The number of ether oxygens (including phenoxy) is 1.